The van der Waals surface area contributed by atoms with Gasteiger partial charge in [-0.1, -0.05) is 13.8 Å². The van der Waals surface area contributed by atoms with Gasteiger partial charge in [-0.15, -0.1) is 0 Å². The number of nitrogens with zero attached hydrogens (tertiary/aromatic N) is 2. The Morgan fingerprint density at radius 1 is 0.750 bits per heavy atom. The summed E-state index contributed by atoms with van der Waals surface area (Å²) in [5, 5.41) is 5.97. The monoisotopic (exact) mass is 386 g/mol. The number of hydrogen-bond acceptors (Lipinski definition) is 2. The number of carbonyl (C=O) groups is 2. The number of benzene rings is 1. The Balaban J connectivity index is 1.56. The first-order chi connectivity index (χ1) is 13.4. The highest BCUT2D eigenvalue weighted by atomic mass is 16.2. The molecule has 2 aliphatic rings. The molecule has 6 nitrogen and oxygen atoms in total. The van der Waals surface area contributed by atoms with E-state index in [4.69, 9.17) is 0 Å². The van der Waals surface area contributed by atoms with Gasteiger partial charge in [-0.25, -0.2) is 9.59 Å². The van der Waals surface area contributed by atoms with E-state index in [0.29, 0.717) is 11.8 Å². The van der Waals surface area contributed by atoms with Crippen molar-refractivity contribution in [1.29, 1.82) is 0 Å². The summed E-state index contributed by atoms with van der Waals surface area (Å²) in [6.45, 7) is 10.2. The molecule has 0 aliphatic carbocycles. The van der Waals surface area contributed by atoms with Gasteiger partial charge in [0.15, 0.2) is 0 Å². The molecule has 0 saturated carbocycles. The van der Waals surface area contributed by atoms with Gasteiger partial charge in [-0.2, -0.15) is 0 Å². The van der Waals surface area contributed by atoms with E-state index in [0.717, 1.165) is 37.3 Å². The summed E-state index contributed by atoms with van der Waals surface area (Å²) < 4.78 is 0. The Bertz CT molecular complexity index is 631. The molecule has 0 radical (unpaired) electrons. The van der Waals surface area contributed by atoms with Crippen LogP contribution in [0, 0.1) is 11.8 Å². The highest BCUT2D eigenvalue weighted by molar-refractivity contribution is 5.92. The Labute approximate surface area is 168 Å². The van der Waals surface area contributed by atoms with Crippen molar-refractivity contribution < 1.29 is 9.59 Å². The number of nitrogens with one attached hydrogen (secondary N) is 2. The fraction of sp³-hybridized carbons (Fsp3) is 0.636. The Kier molecular flexibility index (Phi) is 6.47. The second kappa shape index (κ2) is 8.84. The average Bonchev–Trinajstić information content (AvgIpc) is 2.67. The van der Waals surface area contributed by atoms with E-state index in [1.807, 2.05) is 34.1 Å². The molecule has 1 aromatic rings. The van der Waals surface area contributed by atoms with Crippen LogP contribution in [-0.2, 0) is 0 Å². The van der Waals surface area contributed by atoms with Crippen molar-refractivity contribution in [2.45, 2.75) is 65.5 Å². The SMILES string of the molecule is C[C@@H]1CCCN(C(=O)Nc2ccc(NC(=O)N3CCC[C@@H](C)[C@H]3C)cc2)[C@@H]1C. The van der Waals surface area contributed by atoms with Crippen LogP contribution < -0.4 is 10.6 Å². The van der Waals surface area contributed by atoms with Gasteiger partial charge in [-0.05, 0) is 75.6 Å². The van der Waals surface area contributed by atoms with Crippen molar-refractivity contribution in [2.75, 3.05) is 23.7 Å². The van der Waals surface area contributed by atoms with Crippen molar-refractivity contribution >= 4 is 23.4 Å². The molecule has 154 valence electrons. The Morgan fingerprint density at radius 2 is 1.11 bits per heavy atom. The zero-order valence-corrected chi connectivity index (χ0v) is 17.6. The maximum absolute atomic E-state index is 12.6. The quantitative estimate of drug-likeness (QED) is 0.752. The molecule has 0 unspecified atom stereocenters. The van der Waals surface area contributed by atoms with Gasteiger partial charge in [0, 0.05) is 36.5 Å². The molecule has 4 amide bonds. The number of likely N-dealkylation sites (tertiary alicyclic amines) is 2. The molecule has 0 spiro atoms. The van der Waals surface area contributed by atoms with Gasteiger partial charge >= 0.3 is 12.1 Å². The standard InChI is InChI=1S/C22H34N4O2/c1-15-7-5-13-25(17(15)3)21(27)23-19-9-11-20(12-10-19)24-22(28)26-14-6-8-16(2)18(26)4/h9-12,15-18H,5-8,13-14H2,1-4H3,(H,23,27)(H,24,28)/t15-,16-,17-,18-/m1/s1. The first kappa shape index (κ1) is 20.5. The predicted octanol–water partition coefficient (Wildman–Crippen LogP) is 4.99. The van der Waals surface area contributed by atoms with Gasteiger partial charge in [-0.3, -0.25) is 0 Å². The fourth-order valence-corrected chi connectivity index (χ4v) is 4.27. The molecule has 28 heavy (non-hydrogen) atoms. The minimum atomic E-state index is -0.0491. The first-order valence-corrected chi connectivity index (χ1v) is 10.6. The number of hydrogen-bond donors (Lipinski definition) is 2. The van der Waals surface area contributed by atoms with Crippen molar-refractivity contribution in [2.24, 2.45) is 11.8 Å². The van der Waals surface area contributed by atoms with Gasteiger partial charge in [0.05, 0.1) is 0 Å². The van der Waals surface area contributed by atoms with Crippen molar-refractivity contribution in [1.82, 2.24) is 9.80 Å². The van der Waals surface area contributed by atoms with Crippen LogP contribution in [0.25, 0.3) is 0 Å². The van der Waals surface area contributed by atoms with E-state index in [2.05, 4.69) is 38.3 Å². The summed E-state index contributed by atoms with van der Waals surface area (Å²) in [6, 6.07) is 7.77. The zero-order chi connectivity index (χ0) is 20.3. The van der Waals surface area contributed by atoms with E-state index in [1.165, 1.54) is 12.8 Å². The maximum Gasteiger partial charge on any atom is 0.322 e. The molecule has 2 saturated heterocycles. The van der Waals surface area contributed by atoms with E-state index in [9.17, 15) is 9.59 Å². The Morgan fingerprint density at radius 3 is 1.46 bits per heavy atom. The lowest BCUT2D eigenvalue weighted by atomic mass is 9.92. The molecule has 4 atom stereocenters. The van der Waals surface area contributed by atoms with E-state index in [1.54, 1.807) is 0 Å². The summed E-state index contributed by atoms with van der Waals surface area (Å²) in [6.07, 6.45) is 4.45. The number of rotatable bonds is 2. The molecule has 2 fully saturated rings. The minimum absolute atomic E-state index is 0.0491. The fourth-order valence-electron chi connectivity index (χ4n) is 4.27. The lowest BCUT2D eigenvalue weighted by molar-refractivity contribution is 0.138. The molecular weight excluding hydrogens is 352 g/mol. The second-order valence-electron chi connectivity index (χ2n) is 8.54. The highest BCUT2D eigenvalue weighted by Gasteiger charge is 2.29. The number of urea groups is 2. The summed E-state index contributed by atoms with van der Waals surface area (Å²) in [5.41, 5.74) is 1.49. The topological polar surface area (TPSA) is 64.7 Å². The predicted molar refractivity (Wildman–Crippen MR) is 114 cm³/mol. The molecular formula is C22H34N4O2. The number of carbonyl (C=O) groups excluding carboxylic acids is 2. The van der Waals surface area contributed by atoms with Gasteiger partial charge in [0.1, 0.15) is 0 Å². The van der Waals surface area contributed by atoms with Crippen LogP contribution in [0.5, 0.6) is 0 Å². The van der Waals surface area contributed by atoms with Crippen molar-refractivity contribution in [3.63, 3.8) is 0 Å². The number of amides is 4. The third-order valence-electron chi connectivity index (χ3n) is 6.66. The average molecular weight is 387 g/mol. The normalized spacial score (nSPS) is 28.0. The molecule has 2 heterocycles. The van der Waals surface area contributed by atoms with Crippen LogP contribution in [-0.4, -0.2) is 47.0 Å². The summed E-state index contributed by atoms with van der Waals surface area (Å²) >= 11 is 0. The van der Waals surface area contributed by atoms with E-state index < -0.39 is 0 Å². The van der Waals surface area contributed by atoms with Crippen LogP contribution in [0.4, 0.5) is 21.0 Å². The van der Waals surface area contributed by atoms with Crippen LogP contribution in [0.2, 0.25) is 0 Å². The third-order valence-corrected chi connectivity index (χ3v) is 6.66. The van der Waals surface area contributed by atoms with Crippen LogP contribution in [0.1, 0.15) is 53.4 Å². The molecule has 3 rings (SSSR count). The molecule has 6 heteroatoms. The molecule has 1 aromatic carbocycles. The second-order valence-corrected chi connectivity index (χ2v) is 8.54. The third kappa shape index (κ3) is 4.59. The lowest BCUT2D eigenvalue weighted by Gasteiger charge is -2.38. The highest BCUT2D eigenvalue weighted by Crippen LogP contribution is 2.25. The van der Waals surface area contributed by atoms with Crippen LogP contribution >= 0.6 is 0 Å². The Hall–Kier alpha value is -2.24. The molecule has 0 bridgehead atoms. The number of piperidine rings is 2. The summed E-state index contributed by atoms with van der Waals surface area (Å²) in [7, 11) is 0. The largest absolute Gasteiger partial charge is 0.322 e. The van der Waals surface area contributed by atoms with Crippen molar-refractivity contribution in [3.8, 4) is 0 Å². The maximum atomic E-state index is 12.6. The van der Waals surface area contributed by atoms with Gasteiger partial charge < -0.3 is 20.4 Å². The lowest BCUT2D eigenvalue weighted by Crippen LogP contribution is -2.48. The first-order valence-electron chi connectivity index (χ1n) is 10.6. The number of anilines is 2. The smallest absolute Gasteiger partial charge is 0.322 e. The molecule has 2 N–H and O–H groups in total. The minimum Gasteiger partial charge on any atom is -0.322 e. The van der Waals surface area contributed by atoms with E-state index in [-0.39, 0.29) is 24.1 Å². The van der Waals surface area contributed by atoms with E-state index >= 15 is 0 Å². The molecule has 2 aliphatic heterocycles. The van der Waals surface area contributed by atoms with Gasteiger partial charge in [0.25, 0.3) is 0 Å². The van der Waals surface area contributed by atoms with Crippen molar-refractivity contribution in [3.05, 3.63) is 24.3 Å². The van der Waals surface area contributed by atoms with Crippen LogP contribution in [0.3, 0.4) is 0 Å². The van der Waals surface area contributed by atoms with Gasteiger partial charge in [0.2, 0.25) is 0 Å². The van der Waals surface area contributed by atoms with Crippen LogP contribution in [0.15, 0.2) is 24.3 Å². The molecule has 0 aromatic heterocycles. The zero-order valence-electron chi connectivity index (χ0n) is 17.6. The summed E-state index contributed by atoms with van der Waals surface area (Å²) in [4.78, 5) is 29.0. The summed E-state index contributed by atoms with van der Waals surface area (Å²) in [5.74, 6) is 1.05.